The van der Waals surface area contributed by atoms with Gasteiger partial charge in [-0.1, -0.05) is 103 Å². The summed E-state index contributed by atoms with van der Waals surface area (Å²) in [4.78, 5) is 82.7. The molecule has 6 aromatic rings. The number of alkyl halides is 6. The van der Waals surface area contributed by atoms with Gasteiger partial charge in [0.2, 0.25) is 11.8 Å². The Bertz CT molecular complexity index is 3660. The molecule has 0 radical (unpaired) electrons. The second-order valence-electron chi connectivity index (χ2n) is 25.5. The number of aromatic nitrogens is 1. The van der Waals surface area contributed by atoms with E-state index < -0.39 is 64.6 Å². The Balaban J connectivity index is 0.00000459. The standard InChI is InChI=1S/C71H82F7N9O8S.3ClH/c1-48-63(96-66(80-48)79-31-14-6-9-21-61(88)82(2)39-40-85-32-26-56(27-33-85)95-67(92)81-59-20-13-11-18-57(59)49-15-7-5-8-16-49)65(91)84(4)38-37-83(3)62(89)45-93-60-43-50-17-10-12-19-58(50)68(60)28-34-86(35-29-68)36-30-69(52-22-24-55(72)25-23-52)46-87(47-94-69)64(90)51-41-53(70(73,74)75)44-54(42-51)71(76,77)78;;;/h5,7-8,10-13,15-20,22-25,41-42,44,56,60H,6,9,14,21,26-40,43,45-47H2,1-4H3,(H,79,80)(H,81,92);3*1H/t60-,69+;;;/m0.../s1. The molecule has 1 spiro atoms. The molecule has 0 saturated carbocycles. The van der Waals surface area contributed by atoms with Crippen LogP contribution in [0.4, 0.5) is 46.3 Å². The van der Waals surface area contributed by atoms with E-state index in [9.17, 15) is 54.7 Å². The highest BCUT2D eigenvalue weighted by molar-refractivity contribution is 7.17. The Morgan fingerprint density at radius 1 is 0.717 bits per heavy atom. The number of para-hydroxylation sites is 1. The van der Waals surface area contributed by atoms with Crippen LogP contribution < -0.4 is 10.6 Å². The summed E-state index contributed by atoms with van der Waals surface area (Å²) in [6.07, 6.45) is -4.88. The third kappa shape index (κ3) is 19.9. The number of ether oxygens (including phenoxy) is 3. The molecule has 5 aromatic carbocycles. The Hall–Kier alpha value is -7.10. The van der Waals surface area contributed by atoms with Gasteiger partial charge in [0, 0.05) is 96.5 Å². The maximum absolute atomic E-state index is 14.3. The van der Waals surface area contributed by atoms with Crippen molar-refractivity contribution in [3.8, 4) is 11.1 Å². The number of nitrogens with one attached hydrogen (secondary N) is 2. The van der Waals surface area contributed by atoms with Crippen LogP contribution >= 0.6 is 48.6 Å². The number of fused-ring (bicyclic) bond motifs is 2. The van der Waals surface area contributed by atoms with Crippen LogP contribution in [-0.4, -0.2) is 183 Å². The molecule has 5 amide bonds. The number of hydrogen-bond donors (Lipinski definition) is 2. The summed E-state index contributed by atoms with van der Waals surface area (Å²) in [7, 11) is 5.20. The number of anilines is 2. The lowest BCUT2D eigenvalue weighted by molar-refractivity contribution is -0.143. The second-order valence-corrected chi connectivity index (χ2v) is 26.5. The van der Waals surface area contributed by atoms with Gasteiger partial charge in [-0.3, -0.25) is 24.5 Å². The van der Waals surface area contributed by atoms with E-state index in [1.54, 1.807) is 35.7 Å². The first-order valence-electron chi connectivity index (χ1n) is 32.6. The Kier molecular flexibility index (Phi) is 28.0. The van der Waals surface area contributed by atoms with E-state index in [1.165, 1.54) is 35.6 Å². The number of likely N-dealkylation sites (N-methyl/N-ethyl adjacent to an activating group) is 3. The van der Waals surface area contributed by atoms with Gasteiger partial charge in [0.25, 0.3) is 11.8 Å². The predicted octanol–water partition coefficient (Wildman–Crippen LogP) is 13.6. The normalized spacial score (nSPS) is 17.7. The fourth-order valence-electron chi connectivity index (χ4n) is 13.3. The van der Waals surface area contributed by atoms with Crippen LogP contribution in [0.3, 0.4) is 0 Å². The monoisotopic (exact) mass is 1460 g/mol. The number of benzene rings is 5. The fourth-order valence-corrected chi connectivity index (χ4v) is 14.3. The number of amides is 5. The van der Waals surface area contributed by atoms with Crippen molar-refractivity contribution in [2.24, 2.45) is 0 Å². The van der Waals surface area contributed by atoms with Gasteiger partial charge >= 0.3 is 18.4 Å². The van der Waals surface area contributed by atoms with Gasteiger partial charge in [-0.05, 0) is 130 Å². The van der Waals surface area contributed by atoms with Gasteiger partial charge in [0.1, 0.15) is 35.7 Å². The molecular formula is C71H85Cl3F7N9O8S. The largest absolute Gasteiger partial charge is 0.446 e. The molecule has 538 valence electrons. The SMILES string of the molecule is Cc1nc(NCCCCCC(=O)N(C)CCN2CCC(OC(=O)Nc3ccccc3-c3ccccc3)CC2)sc1C(=O)N(C)CCN(C)C(=O)CO[C@H]1Cc2ccccc2C12CCN(CC[C@]1(c3ccc(F)cc3)CN(C(=O)c3cc(C(F)(F)F)cc(C(F)(F)F)c3)CO1)CC2.Cl.Cl.Cl. The number of thiazole rings is 1. The Morgan fingerprint density at radius 3 is 2.03 bits per heavy atom. The molecule has 4 heterocycles. The van der Waals surface area contributed by atoms with Crippen molar-refractivity contribution in [2.75, 3.05) is 117 Å². The lowest BCUT2D eigenvalue weighted by atomic mass is 9.72. The molecule has 3 fully saturated rings. The highest BCUT2D eigenvalue weighted by Crippen LogP contribution is 2.49. The first kappa shape index (κ1) is 79.2. The number of aryl methyl sites for hydroxylation is 1. The number of halogens is 10. The lowest BCUT2D eigenvalue weighted by Crippen LogP contribution is -2.50. The van der Waals surface area contributed by atoms with Crippen LogP contribution in [0.15, 0.2) is 121 Å². The third-order valence-electron chi connectivity index (χ3n) is 19.1. The van der Waals surface area contributed by atoms with Crippen molar-refractivity contribution in [3.63, 3.8) is 0 Å². The first-order chi connectivity index (χ1) is 45.9. The minimum absolute atomic E-state index is 0. The number of piperidine rings is 2. The van der Waals surface area contributed by atoms with Crippen molar-refractivity contribution in [1.82, 2.24) is 34.4 Å². The summed E-state index contributed by atoms with van der Waals surface area (Å²) < 4.78 is 116. The summed E-state index contributed by atoms with van der Waals surface area (Å²) in [5, 5.41) is 6.89. The van der Waals surface area contributed by atoms with Gasteiger partial charge < -0.3 is 48.9 Å². The van der Waals surface area contributed by atoms with E-state index in [-0.39, 0.29) is 106 Å². The first-order valence-corrected chi connectivity index (χ1v) is 33.4. The highest BCUT2D eigenvalue weighted by atomic mass is 35.5. The maximum Gasteiger partial charge on any atom is 0.416 e. The molecule has 10 rings (SSSR count). The number of carbonyl (C=O) groups is 5. The molecule has 2 N–H and O–H groups in total. The molecule has 0 bridgehead atoms. The zero-order valence-corrected chi connectivity index (χ0v) is 58.9. The van der Waals surface area contributed by atoms with E-state index >= 15 is 0 Å². The summed E-state index contributed by atoms with van der Waals surface area (Å²) in [5.74, 6) is -1.98. The molecule has 2 atom stereocenters. The van der Waals surface area contributed by atoms with E-state index in [2.05, 4.69) is 37.6 Å². The molecule has 0 unspecified atom stereocenters. The van der Waals surface area contributed by atoms with Gasteiger partial charge in [0.05, 0.1) is 35.2 Å². The molecular weight excluding hydrogens is 1380 g/mol. The number of rotatable bonds is 25. The summed E-state index contributed by atoms with van der Waals surface area (Å²) in [6, 6.07) is 31.9. The molecule has 17 nitrogen and oxygen atoms in total. The van der Waals surface area contributed by atoms with Gasteiger partial charge in [0.15, 0.2) is 5.13 Å². The van der Waals surface area contributed by atoms with Crippen molar-refractivity contribution >= 4 is 89.1 Å². The Labute approximate surface area is 595 Å². The molecule has 3 saturated heterocycles. The molecule has 1 aliphatic carbocycles. The van der Waals surface area contributed by atoms with Crippen LogP contribution in [0, 0.1) is 12.7 Å². The fraction of sp³-hybridized carbons (Fsp3) is 0.465. The number of unbranched alkanes of at least 4 members (excludes halogenated alkanes) is 2. The second kappa shape index (κ2) is 35.0. The minimum Gasteiger partial charge on any atom is -0.446 e. The highest BCUT2D eigenvalue weighted by Gasteiger charge is 2.50. The third-order valence-corrected chi connectivity index (χ3v) is 20.2. The number of nitrogens with zero attached hydrogens (tertiary/aromatic N) is 7. The van der Waals surface area contributed by atoms with Crippen molar-refractivity contribution in [1.29, 1.82) is 0 Å². The van der Waals surface area contributed by atoms with Crippen LogP contribution in [0.25, 0.3) is 11.1 Å². The summed E-state index contributed by atoms with van der Waals surface area (Å²) in [6.45, 7) is 6.56. The van der Waals surface area contributed by atoms with Crippen LogP contribution in [0.5, 0.6) is 0 Å². The quantitative estimate of drug-likeness (QED) is 0.0411. The molecule has 1 aromatic heterocycles. The van der Waals surface area contributed by atoms with E-state index in [4.69, 9.17) is 14.2 Å². The van der Waals surface area contributed by atoms with Gasteiger partial charge in [-0.15, -0.1) is 37.2 Å². The zero-order chi connectivity index (χ0) is 68.4. The van der Waals surface area contributed by atoms with Crippen molar-refractivity contribution in [3.05, 3.63) is 171 Å². The van der Waals surface area contributed by atoms with Crippen LogP contribution in [0.2, 0.25) is 0 Å². The average molecular weight is 1460 g/mol. The summed E-state index contributed by atoms with van der Waals surface area (Å²) >= 11 is 1.28. The van der Waals surface area contributed by atoms with Crippen molar-refractivity contribution in [2.45, 2.75) is 107 Å². The van der Waals surface area contributed by atoms with Crippen LogP contribution in [0.1, 0.15) is 111 Å². The van der Waals surface area contributed by atoms with E-state index in [0.29, 0.717) is 110 Å². The number of hydrogen-bond acceptors (Lipinski definition) is 13. The van der Waals surface area contributed by atoms with Crippen LogP contribution in [-0.2, 0) is 53.6 Å². The average Bonchev–Trinajstić information content (AvgIpc) is 1.62. The predicted molar refractivity (Wildman–Crippen MR) is 373 cm³/mol. The molecule has 4 aliphatic rings. The maximum atomic E-state index is 14.3. The van der Waals surface area contributed by atoms with E-state index in [1.807, 2.05) is 73.8 Å². The number of likely N-dealkylation sites (tertiary alicyclic amines) is 2. The van der Waals surface area contributed by atoms with Gasteiger partial charge in [-0.2, -0.15) is 26.3 Å². The zero-order valence-electron chi connectivity index (χ0n) is 55.6. The Morgan fingerprint density at radius 2 is 1.34 bits per heavy atom. The van der Waals surface area contributed by atoms with Gasteiger partial charge in [-0.25, -0.2) is 14.2 Å². The topological polar surface area (TPSA) is 169 Å². The molecule has 3 aliphatic heterocycles. The minimum atomic E-state index is -5.15. The molecule has 28 heteroatoms. The lowest BCUT2D eigenvalue weighted by Gasteiger charge is -2.44. The van der Waals surface area contributed by atoms with E-state index in [0.717, 1.165) is 66.1 Å². The smallest absolute Gasteiger partial charge is 0.416 e. The molecule has 99 heavy (non-hydrogen) atoms. The number of carbonyl (C=O) groups excluding carboxylic acids is 5. The summed E-state index contributed by atoms with van der Waals surface area (Å²) in [5.41, 5.74) is 0.258. The van der Waals surface area contributed by atoms with Crippen molar-refractivity contribution < 1.29 is 68.9 Å².